The Morgan fingerprint density at radius 2 is 1.79 bits per heavy atom. The molecule has 1 aliphatic rings. The molecule has 150 valence electrons. The summed E-state index contributed by atoms with van der Waals surface area (Å²) in [5.74, 6) is 0. The molecular weight excluding hydrogens is 385 g/mol. The van der Waals surface area contributed by atoms with Gasteiger partial charge in [0.2, 0.25) is 5.60 Å². The number of aromatic nitrogens is 2. The zero-order valence-corrected chi connectivity index (χ0v) is 16.7. The molecule has 0 radical (unpaired) electrons. The van der Waals surface area contributed by atoms with Gasteiger partial charge in [0, 0.05) is 23.0 Å². The van der Waals surface area contributed by atoms with Crippen LogP contribution in [-0.4, -0.2) is 20.8 Å². The number of hydrogen-bond acceptors (Lipinski definition) is 3. The lowest BCUT2D eigenvalue weighted by atomic mass is 9.92. The second-order valence-electron chi connectivity index (χ2n) is 7.64. The number of alkyl halides is 3. The van der Waals surface area contributed by atoms with Gasteiger partial charge in [0.15, 0.2) is 0 Å². The highest BCUT2D eigenvalue weighted by Gasteiger charge is 2.59. The lowest BCUT2D eigenvalue weighted by molar-refractivity contribution is -0.248. The van der Waals surface area contributed by atoms with Crippen LogP contribution in [0.1, 0.15) is 60.1 Å². The largest absolute Gasteiger partial charge is 0.428 e. The summed E-state index contributed by atoms with van der Waals surface area (Å²) < 4.78 is 45.4. The van der Waals surface area contributed by atoms with E-state index in [2.05, 4.69) is 4.98 Å². The SMILES string of the molecule is Cc1cc([C@](O)(c2nc3ccccc3s2)C(F)(F)F)c(C)n1C1CCCCC1. The van der Waals surface area contributed by atoms with Gasteiger partial charge in [-0.15, -0.1) is 11.3 Å². The van der Waals surface area contributed by atoms with Gasteiger partial charge in [-0.1, -0.05) is 31.4 Å². The van der Waals surface area contributed by atoms with E-state index in [1.54, 1.807) is 31.2 Å². The van der Waals surface area contributed by atoms with E-state index in [0.717, 1.165) is 42.7 Å². The van der Waals surface area contributed by atoms with Gasteiger partial charge in [0.05, 0.1) is 10.2 Å². The number of hydrogen-bond donors (Lipinski definition) is 1. The Hall–Kier alpha value is -1.86. The number of nitrogens with zero attached hydrogens (tertiary/aromatic N) is 2. The number of aryl methyl sites for hydroxylation is 1. The average Bonchev–Trinajstić information content (AvgIpc) is 3.22. The van der Waals surface area contributed by atoms with E-state index in [-0.39, 0.29) is 16.6 Å². The fourth-order valence-corrected chi connectivity index (χ4v) is 5.55. The van der Waals surface area contributed by atoms with Crippen LogP contribution in [0.3, 0.4) is 0 Å². The number of fused-ring (bicyclic) bond motifs is 1. The van der Waals surface area contributed by atoms with Crippen LogP contribution in [0.4, 0.5) is 13.2 Å². The van der Waals surface area contributed by atoms with Gasteiger partial charge in [-0.25, -0.2) is 4.98 Å². The summed E-state index contributed by atoms with van der Waals surface area (Å²) in [4.78, 5) is 4.16. The number of halogens is 3. The molecule has 0 spiro atoms. The Balaban J connectivity index is 1.89. The molecule has 2 aromatic heterocycles. The lowest BCUT2D eigenvalue weighted by Gasteiger charge is -2.30. The van der Waals surface area contributed by atoms with Gasteiger partial charge < -0.3 is 9.67 Å². The molecule has 0 unspecified atom stereocenters. The van der Waals surface area contributed by atoms with Crippen LogP contribution in [0, 0.1) is 13.8 Å². The van der Waals surface area contributed by atoms with E-state index < -0.39 is 11.8 Å². The van der Waals surface area contributed by atoms with Gasteiger partial charge in [-0.05, 0) is 44.9 Å². The third-order valence-corrected chi connectivity index (χ3v) is 6.97. The Kier molecular flexibility index (Phi) is 4.78. The number of thiazole rings is 1. The lowest BCUT2D eigenvalue weighted by Crippen LogP contribution is -2.43. The Morgan fingerprint density at radius 1 is 1.11 bits per heavy atom. The molecular formula is C21H23F3N2OS. The third-order valence-electron chi connectivity index (χ3n) is 5.83. The molecule has 4 rings (SSSR count). The first kappa shape index (κ1) is 19.5. The molecule has 28 heavy (non-hydrogen) atoms. The maximum absolute atomic E-state index is 14.3. The van der Waals surface area contributed by atoms with E-state index in [1.807, 2.05) is 11.5 Å². The molecule has 1 aromatic carbocycles. The van der Waals surface area contributed by atoms with Crippen LogP contribution in [0.25, 0.3) is 10.2 Å². The first-order valence-corrected chi connectivity index (χ1v) is 10.4. The molecule has 7 heteroatoms. The minimum Gasteiger partial charge on any atom is -0.370 e. The predicted octanol–water partition coefficient (Wildman–Crippen LogP) is 6.02. The summed E-state index contributed by atoms with van der Waals surface area (Å²) in [5.41, 5.74) is -1.54. The summed E-state index contributed by atoms with van der Waals surface area (Å²) in [7, 11) is 0. The summed E-state index contributed by atoms with van der Waals surface area (Å²) in [6.45, 7) is 3.50. The number of rotatable bonds is 3. The van der Waals surface area contributed by atoms with Crippen LogP contribution in [0.5, 0.6) is 0 Å². The second-order valence-corrected chi connectivity index (χ2v) is 8.67. The zero-order valence-electron chi connectivity index (χ0n) is 15.9. The minimum atomic E-state index is -4.88. The normalized spacial score (nSPS) is 18.5. The van der Waals surface area contributed by atoms with Crippen molar-refractivity contribution in [3.63, 3.8) is 0 Å². The zero-order chi connectivity index (χ0) is 20.1. The highest BCUT2D eigenvalue weighted by atomic mass is 32.1. The smallest absolute Gasteiger partial charge is 0.370 e. The Morgan fingerprint density at radius 3 is 2.43 bits per heavy atom. The molecule has 0 aliphatic heterocycles. The average molecular weight is 408 g/mol. The highest BCUT2D eigenvalue weighted by Crippen LogP contribution is 2.48. The fraction of sp³-hybridized carbons (Fsp3) is 0.476. The van der Waals surface area contributed by atoms with Crippen LogP contribution in [0.15, 0.2) is 30.3 Å². The maximum atomic E-state index is 14.3. The van der Waals surface area contributed by atoms with E-state index in [0.29, 0.717) is 15.9 Å². The molecule has 0 amide bonds. The van der Waals surface area contributed by atoms with Crippen LogP contribution in [-0.2, 0) is 5.60 Å². The summed E-state index contributed by atoms with van der Waals surface area (Å²) in [6.07, 6.45) is 0.372. The topological polar surface area (TPSA) is 38.1 Å². The third kappa shape index (κ3) is 2.95. The summed E-state index contributed by atoms with van der Waals surface area (Å²) in [6, 6.07) is 8.55. The van der Waals surface area contributed by atoms with Crippen molar-refractivity contribution in [2.75, 3.05) is 0 Å². The summed E-state index contributed by atoms with van der Waals surface area (Å²) in [5, 5.41) is 10.8. The molecule has 0 saturated heterocycles. The van der Waals surface area contributed by atoms with Crippen molar-refractivity contribution < 1.29 is 18.3 Å². The first-order chi connectivity index (χ1) is 13.2. The number of para-hydroxylation sites is 1. The Labute approximate surface area is 165 Å². The van der Waals surface area contributed by atoms with Crippen molar-refractivity contribution in [2.45, 2.75) is 63.8 Å². The molecule has 3 nitrogen and oxygen atoms in total. The van der Waals surface area contributed by atoms with Crippen LogP contribution < -0.4 is 0 Å². The molecule has 1 N–H and O–H groups in total. The standard InChI is InChI=1S/C21H23F3N2OS/c1-13-12-16(14(2)26(13)15-8-4-3-5-9-15)20(27,21(22,23)24)19-25-17-10-6-7-11-18(17)28-19/h6-7,10-12,15,27H,3-5,8-9H2,1-2H3/t20-/m0/s1. The molecule has 1 atom stereocenters. The quantitative estimate of drug-likeness (QED) is 0.576. The maximum Gasteiger partial charge on any atom is 0.428 e. The predicted molar refractivity (Wildman–Crippen MR) is 105 cm³/mol. The van der Waals surface area contributed by atoms with Gasteiger partial charge in [0.1, 0.15) is 5.01 Å². The van der Waals surface area contributed by atoms with Crippen molar-refractivity contribution >= 4 is 21.6 Å². The van der Waals surface area contributed by atoms with Crippen LogP contribution in [0.2, 0.25) is 0 Å². The van der Waals surface area contributed by atoms with Crippen molar-refractivity contribution in [1.82, 2.24) is 9.55 Å². The van der Waals surface area contributed by atoms with Crippen molar-refractivity contribution in [3.05, 3.63) is 52.3 Å². The molecule has 1 aliphatic carbocycles. The van der Waals surface area contributed by atoms with Crippen molar-refractivity contribution in [1.29, 1.82) is 0 Å². The highest BCUT2D eigenvalue weighted by molar-refractivity contribution is 7.18. The van der Waals surface area contributed by atoms with E-state index in [1.165, 1.54) is 12.5 Å². The Bertz CT molecular complexity index is 968. The molecule has 1 fully saturated rings. The fourth-order valence-electron chi connectivity index (χ4n) is 4.46. The van der Waals surface area contributed by atoms with Gasteiger partial charge in [-0.3, -0.25) is 0 Å². The van der Waals surface area contributed by atoms with Crippen molar-refractivity contribution in [2.24, 2.45) is 0 Å². The van der Waals surface area contributed by atoms with E-state index >= 15 is 0 Å². The van der Waals surface area contributed by atoms with Gasteiger partial charge in [-0.2, -0.15) is 13.2 Å². The monoisotopic (exact) mass is 408 g/mol. The second kappa shape index (κ2) is 6.88. The number of aliphatic hydroxyl groups is 1. The van der Waals surface area contributed by atoms with Gasteiger partial charge in [0.25, 0.3) is 0 Å². The molecule has 0 bridgehead atoms. The number of benzene rings is 1. The van der Waals surface area contributed by atoms with Gasteiger partial charge >= 0.3 is 6.18 Å². The van der Waals surface area contributed by atoms with E-state index in [9.17, 15) is 18.3 Å². The van der Waals surface area contributed by atoms with Crippen molar-refractivity contribution in [3.8, 4) is 0 Å². The first-order valence-electron chi connectivity index (χ1n) is 9.57. The summed E-state index contributed by atoms with van der Waals surface area (Å²) >= 11 is 0.895. The molecule has 1 saturated carbocycles. The van der Waals surface area contributed by atoms with E-state index in [4.69, 9.17) is 0 Å². The minimum absolute atomic E-state index is 0.109. The molecule has 3 aromatic rings. The molecule has 2 heterocycles. The van der Waals surface area contributed by atoms with Crippen LogP contribution >= 0.6 is 11.3 Å².